The second kappa shape index (κ2) is 7.77. The van der Waals surface area contributed by atoms with Crippen molar-refractivity contribution in [3.05, 3.63) is 93.2 Å². The summed E-state index contributed by atoms with van der Waals surface area (Å²) in [6, 6.07) is 19.9. The number of methoxy groups -OCH3 is 1. The molecule has 0 fully saturated rings. The third-order valence-electron chi connectivity index (χ3n) is 4.88. The molecule has 5 rings (SSSR count). The minimum absolute atomic E-state index is 0.0269. The minimum Gasteiger partial charge on any atom is -0.497 e. The van der Waals surface area contributed by atoms with E-state index in [0.29, 0.717) is 15.2 Å². The van der Waals surface area contributed by atoms with Crippen LogP contribution in [0.5, 0.6) is 11.5 Å². The normalized spacial score (nSPS) is 12.5. The van der Waals surface area contributed by atoms with Crippen LogP contribution < -0.4 is 19.0 Å². The van der Waals surface area contributed by atoms with Gasteiger partial charge in [-0.3, -0.25) is 4.79 Å². The van der Waals surface area contributed by atoms with E-state index in [2.05, 4.69) is 4.98 Å². The zero-order valence-electron chi connectivity index (χ0n) is 16.8. The first-order valence-electron chi connectivity index (χ1n) is 9.55. The SMILES string of the molecule is COc1ccc(S(=O)(=O)Oc2ccc(/C=c3\sc4nc5ccccc5n4c3=O)cc2)cc1. The van der Waals surface area contributed by atoms with E-state index in [-0.39, 0.29) is 16.2 Å². The number of aromatic nitrogens is 2. The summed E-state index contributed by atoms with van der Waals surface area (Å²) in [5.74, 6) is 0.725. The maximum absolute atomic E-state index is 12.9. The third-order valence-corrected chi connectivity index (χ3v) is 7.11. The Kier molecular flexibility index (Phi) is 4.91. The lowest BCUT2D eigenvalue weighted by Gasteiger charge is -2.08. The number of hydrogen-bond acceptors (Lipinski definition) is 7. The molecule has 32 heavy (non-hydrogen) atoms. The summed E-state index contributed by atoms with van der Waals surface area (Å²) in [5.41, 5.74) is 2.16. The van der Waals surface area contributed by atoms with Gasteiger partial charge in [0.25, 0.3) is 5.56 Å². The average Bonchev–Trinajstić information content (AvgIpc) is 3.31. The standard InChI is InChI=1S/C23H16N2O5S2/c1-29-16-10-12-18(13-11-16)32(27,28)30-17-8-6-15(7-9-17)14-21-22(26)25-20-5-3-2-4-19(20)24-23(25)31-21/h2-14H,1H3/b21-14-. The molecule has 3 aromatic carbocycles. The maximum Gasteiger partial charge on any atom is 0.339 e. The highest BCUT2D eigenvalue weighted by atomic mass is 32.2. The second-order valence-electron chi connectivity index (χ2n) is 6.92. The van der Waals surface area contributed by atoms with E-state index in [1.54, 1.807) is 46.9 Å². The first kappa shape index (κ1) is 20.2. The van der Waals surface area contributed by atoms with Gasteiger partial charge in [0.15, 0.2) is 4.96 Å². The van der Waals surface area contributed by atoms with Crippen molar-refractivity contribution in [1.82, 2.24) is 9.38 Å². The largest absolute Gasteiger partial charge is 0.497 e. The lowest BCUT2D eigenvalue weighted by molar-refractivity contribution is 0.414. The molecule has 0 saturated carbocycles. The molecule has 0 radical (unpaired) electrons. The lowest BCUT2D eigenvalue weighted by atomic mass is 10.2. The zero-order chi connectivity index (χ0) is 22.3. The Morgan fingerprint density at radius 3 is 2.34 bits per heavy atom. The molecule has 0 spiro atoms. The Balaban J connectivity index is 1.43. The van der Waals surface area contributed by atoms with Crippen LogP contribution in [0.4, 0.5) is 0 Å². The summed E-state index contributed by atoms with van der Waals surface area (Å²) in [7, 11) is -2.47. The van der Waals surface area contributed by atoms with E-state index in [4.69, 9.17) is 8.92 Å². The van der Waals surface area contributed by atoms with Gasteiger partial charge in [-0.2, -0.15) is 8.42 Å². The molecule has 7 nitrogen and oxygen atoms in total. The van der Waals surface area contributed by atoms with Crippen LogP contribution in [0.2, 0.25) is 0 Å². The van der Waals surface area contributed by atoms with Gasteiger partial charge in [0.2, 0.25) is 0 Å². The predicted octanol–water partition coefficient (Wildman–Crippen LogP) is 3.23. The fourth-order valence-electron chi connectivity index (χ4n) is 3.30. The Bertz CT molecular complexity index is 1650. The van der Waals surface area contributed by atoms with Crippen LogP contribution in [-0.4, -0.2) is 24.9 Å². The highest BCUT2D eigenvalue weighted by molar-refractivity contribution is 7.87. The van der Waals surface area contributed by atoms with Crippen LogP contribution >= 0.6 is 11.3 Å². The highest BCUT2D eigenvalue weighted by Crippen LogP contribution is 2.22. The molecule has 2 aromatic heterocycles. The van der Waals surface area contributed by atoms with Gasteiger partial charge in [-0.05, 0) is 60.2 Å². The van der Waals surface area contributed by atoms with Gasteiger partial charge in [-0.1, -0.05) is 35.6 Å². The van der Waals surface area contributed by atoms with Crippen LogP contribution in [0.25, 0.3) is 22.1 Å². The average molecular weight is 465 g/mol. The van der Waals surface area contributed by atoms with Gasteiger partial charge in [0, 0.05) is 0 Å². The molecule has 0 amide bonds. The molecule has 2 heterocycles. The van der Waals surface area contributed by atoms with E-state index in [0.717, 1.165) is 16.6 Å². The van der Waals surface area contributed by atoms with Crippen molar-refractivity contribution in [2.75, 3.05) is 7.11 Å². The number of rotatable bonds is 5. The molecule has 0 aliphatic rings. The quantitative estimate of drug-likeness (QED) is 0.371. The van der Waals surface area contributed by atoms with Crippen molar-refractivity contribution >= 4 is 43.5 Å². The van der Waals surface area contributed by atoms with Crippen molar-refractivity contribution in [3.8, 4) is 11.5 Å². The minimum atomic E-state index is -3.97. The van der Waals surface area contributed by atoms with E-state index in [1.165, 1.54) is 30.6 Å². The number of thiazole rings is 1. The molecule has 0 bridgehead atoms. The number of imidazole rings is 1. The maximum atomic E-state index is 12.9. The first-order chi connectivity index (χ1) is 15.4. The number of fused-ring (bicyclic) bond motifs is 3. The van der Waals surface area contributed by atoms with Gasteiger partial charge < -0.3 is 8.92 Å². The Hall–Kier alpha value is -3.69. The molecule has 5 aromatic rings. The van der Waals surface area contributed by atoms with Gasteiger partial charge in [-0.15, -0.1) is 0 Å². The van der Waals surface area contributed by atoms with E-state index in [9.17, 15) is 13.2 Å². The monoisotopic (exact) mass is 464 g/mol. The summed E-state index contributed by atoms with van der Waals surface area (Å²) in [4.78, 5) is 18.0. The van der Waals surface area contributed by atoms with Crippen molar-refractivity contribution in [1.29, 1.82) is 0 Å². The van der Waals surface area contributed by atoms with Gasteiger partial charge in [-0.25, -0.2) is 9.38 Å². The molecule has 0 aliphatic carbocycles. The molecular weight excluding hydrogens is 448 g/mol. The Labute approximate surface area is 186 Å². The fraction of sp³-hybridized carbons (Fsp3) is 0.0435. The molecule has 0 unspecified atom stereocenters. The smallest absolute Gasteiger partial charge is 0.339 e. The Morgan fingerprint density at radius 2 is 1.62 bits per heavy atom. The number of para-hydroxylation sites is 2. The predicted molar refractivity (Wildman–Crippen MR) is 123 cm³/mol. The van der Waals surface area contributed by atoms with Crippen molar-refractivity contribution in [2.45, 2.75) is 4.90 Å². The summed E-state index contributed by atoms with van der Waals surface area (Å²) in [6.45, 7) is 0. The molecule has 0 N–H and O–H groups in total. The lowest BCUT2D eigenvalue weighted by Crippen LogP contribution is -2.22. The van der Waals surface area contributed by atoms with E-state index in [1.807, 2.05) is 24.3 Å². The van der Waals surface area contributed by atoms with E-state index < -0.39 is 10.1 Å². The summed E-state index contributed by atoms with van der Waals surface area (Å²) < 4.78 is 37.4. The van der Waals surface area contributed by atoms with Crippen molar-refractivity contribution in [3.63, 3.8) is 0 Å². The molecule has 0 atom stereocenters. The van der Waals surface area contributed by atoms with Crippen LogP contribution in [0.15, 0.2) is 82.5 Å². The van der Waals surface area contributed by atoms with Crippen LogP contribution in [0, 0.1) is 0 Å². The summed E-state index contributed by atoms with van der Waals surface area (Å²) in [5, 5.41) is 0. The number of hydrogen-bond donors (Lipinski definition) is 0. The summed E-state index contributed by atoms with van der Waals surface area (Å²) in [6.07, 6.45) is 1.75. The van der Waals surface area contributed by atoms with Gasteiger partial charge in [0.05, 0.1) is 22.7 Å². The highest BCUT2D eigenvalue weighted by Gasteiger charge is 2.17. The van der Waals surface area contributed by atoms with Crippen molar-refractivity contribution < 1.29 is 17.3 Å². The Morgan fingerprint density at radius 1 is 0.938 bits per heavy atom. The molecule has 0 aliphatic heterocycles. The fourth-order valence-corrected chi connectivity index (χ4v) is 5.22. The van der Waals surface area contributed by atoms with Crippen LogP contribution in [0.1, 0.15) is 5.56 Å². The molecule has 0 saturated heterocycles. The second-order valence-corrected chi connectivity index (χ2v) is 9.47. The number of ether oxygens (including phenoxy) is 1. The molecular formula is C23H16N2O5S2. The van der Waals surface area contributed by atoms with Gasteiger partial charge >= 0.3 is 10.1 Å². The van der Waals surface area contributed by atoms with Crippen molar-refractivity contribution in [2.24, 2.45) is 0 Å². The molecule has 160 valence electrons. The topological polar surface area (TPSA) is 87.0 Å². The number of benzene rings is 3. The van der Waals surface area contributed by atoms with Crippen LogP contribution in [0.3, 0.4) is 0 Å². The third kappa shape index (κ3) is 3.61. The molecule has 9 heteroatoms. The first-order valence-corrected chi connectivity index (χ1v) is 11.8. The summed E-state index contributed by atoms with van der Waals surface area (Å²) >= 11 is 1.31. The van der Waals surface area contributed by atoms with Crippen LogP contribution in [-0.2, 0) is 10.1 Å². The zero-order valence-corrected chi connectivity index (χ0v) is 18.4. The van der Waals surface area contributed by atoms with Gasteiger partial charge in [0.1, 0.15) is 16.4 Å². The number of nitrogens with zero attached hydrogens (tertiary/aromatic N) is 2. The van der Waals surface area contributed by atoms with E-state index >= 15 is 0 Å².